The van der Waals surface area contributed by atoms with Crippen LogP contribution in [0.2, 0.25) is 0 Å². The van der Waals surface area contributed by atoms with Crippen molar-refractivity contribution in [3.05, 3.63) is 29.6 Å². The summed E-state index contributed by atoms with van der Waals surface area (Å²) < 4.78 is 18.7. The van der Waals surface area contributed by atoms with Crippen LogP contribution in [0.5, 0.6) is 5.75 Å². The van der Waals surface area contributed by atoms with Crippen molar-refractivity contribution in [3.63, 3.8) is 0 Å². The fourth-order valence-electron chi connectivity index (χ4n) is 1.56. The molecule has 1 aromatic rings. The number of benzene rings is 1. The Morgan fingerprint density at radius 2 is 2.18 bits per heavy atom. The van der Waals surface area contributed by atoms with Gasteiger partial charge in [0.05, 0.1) is 6.61 Å². The number of amides is 1. The predicted octanol–water partition coefficient (Wildman–Crippen LogP) is 1.23. The van der Waals surface area contributed by atoms with Crippen LogP contribution in [0.15, 0.2) is 18.2 Å². The Hall–Kier alpha value is -1.62. The molecular formula is C12H17FN2O2. The third-order valence-electron chi connectivity index (χ3n) is 2.39. The number of rotatable bonds is 5. The summed E-state index contributed by atoms with van der Waals surface area (Å²) in [5, 5.41) is 5.35. The molecule has 4 nitrogen and oxygen atoms in total. The van der Waals surface area contributed by atoms with Gasteiger partial charge < -0.3 is 15.4 Å². The lowest BCUT2D eigenvalue weighted by atomic mass is 10.1. The fourth-order valence-corrected chi connectivity index (χ4v) is 1.56. The van der Waals surface area contributed by atoms with Gasteiger partial charge in [-0.3, -0.25) is 4.79 Å². The highest BCUT2D eigenvalue weighted by atomic mass is 19.1. The molecule has 0 fully saturated rings. The number of halogens is 1. The summed E-state index contributed by atoms with van der Waals surface area (Å²) in [5.41, 5.74) is 0.563. The van der Waals surface area contributed by atoms with Crippen LogP contribution in [-0.4, -0.2) is 26.6 Å². The number of nitrogens with one attached hydrogen (secondary N) is 2. The summed E-state index contributed by atoms with van der Waals surface area (Å²) >= 11 is 0. The van der Waals surface area contributed by atoms with E-state index in [-0.39, 0.29) is 11.7 Å². The van der Waals surface area contributed by atoms with Crippen molar-refractivity contribution in [2.75, 3.05) is 20.7 Å². The Labute approximate surface area is 100 Å². The molecular weight excluding hydrogens is 223 g/mol. The maximum Gasteiger partial charge on any atom is 0.241 e. The van der Waals surface area contributed by atoms with Gasteiger partial charge in [0.1, 0.15) is 6.04 Å². The van der Waals surface area contributed by atoms with Crippen LogP contribution in [0, 0.1) is 5.82 Å². The summed E-state index contributed by atoms with van der Waals surface area (Å²) in [5.74, 6) is -0.479. The van der Waals surface area contributed by atoms with Crippen molar-refractivity contribution in [1.29, 1.82) is 0 Å². The van der Waals surface area contributed by atoms with E-state index in [9.17, 15) is 9.18 Å². The molecule has 1 unspecified atom stereocenters. The van der Waals surface area contributed by atoms with Crippen LogP contribution in [-0.2, 0) is 4.79 Å². The molecule has 94 valence electrons. The van der Waals surface area contributed by atoms with Gasteiger partial charge in [-0.05, 0) is 31.7 Å². The maximum atomic E-state index is 13.6. The quantitative estimate of drug-likeness (QED) is 0.814. The molecule has 0 bridgehead atoms. The molecule has 0 saturated carbocycles. The van der Waals surface area contributed by atoms with Crippen molar-refractivity contribution in [2.24, 2.45) is 0 Å². The van der Waals surface area contributed by atoms with E-state index in [1.54, 1.807) is 20.0 Å². The predicted molar refractivity (Wildman–Crippen MR) is 63.4 cm³/mol. The van der Waals surface area contributed by atoms with Gasteiger partial charge in [-0.1, -0.05) is 6.07 Å². The lowest BCUT2D eigenvalue weighted by molar-refractivity contribution is -0.122. The topological polar surface area (TPSA) is 50.4 Å². The zero-order chi connectivity index (χ0) is 12.8. The highest BCUT2D eigenvalue weighted by Gasteiger charge is 2.18. The van der Waals surface area contributed by atoms with Gasteiger partial charge in [0.15, 0.2) is 11.6 Å². The van der Waals surface area contributed by atoms with Gasteiger partial charge in [-0.2, -0.15) is 0 Å². The van der Waals surface area contributed by atoms with Crippen molar-refractivity contribution < 1.29 is 13.9 Å². The van der Waals surface area contributed by atoms with Crippen molar-refractivity contribution in [2.45, 2.75) is 13.0 Å². The van der Waals surface area contributed by atoms with Crippen molar-refractivity contribution >= 4 is 5.91 Å². The zero-order valence-corrected chi connectivity index (χ0v) is 10.2. The van der Waals surface area contributed by atoms with E-state index >= 15 is 0 Å². The van der Waals surface area contributed by atoms with E-state index in [0.717, 1.165) is 0 Å². The van der Waals surface area contributed by atoms with Crippen LogP contribution in [0.25, 0.3) is 0 Å². The molecule has 2 N–H and O–H groups in total. The summed E-state index contributed by atoms with van der Waals surface area (Å²) in [4.78, 5) is 11.5. The van der Waals surface area contributed by atoms with Crippen LogP contribution >= 0.6 is 0 Å². The third-order valence-corrected chi connectivity index (χ3v) is 2.39. The molecule has 0 aliphatic rings. The number of ether oxygens (including phenoxy) is 1. The van der Waals surface area contributed by atoms with Crippen LogP contribution in [0.4, 0.5) is 4.39 Å². The average molecular weight is 240 g/mol. The first-order chi connectivity index (χ1) is 8.13. The normalized spacial score (nSPS) is 12.0. The molecule has 0 saturated heterocycles. The van der Waals surface area contributed by atoms with E-state index in [1.165, 1.54) is 19.2 Å². The van der Waals surface area contributed by atoms with Gasteiger partial charge in [-0.15, -0.1) is 0 Å². The van der Waals surface area contributed by atoms with E-state index in [0.29, 0.717) is 12.2 Å². The Morgan fingerprint density at radius 3 is 2.65 bits per heavy atom. The summed E-state index contributed by atoms with van der Waals surface area (Å²) in [6, 6.07) is 3.94. The zero-order valence-electron chi connectivity index (χ0n) is 10.2. The second-order valence-electron chi connectivity index (χ2n) is 3.46. The highest BCUT2D eigenvalue weighted by molar-refractivity contribution is 5.82. The molecule has 0 spiro atoms. The summed E-state index contributed by atoms with van der Waals surface area (Å²) in [7, 11) is 3.19. The first kappa shape index (κ1) is 13.4. The Kier molecular flexibility index (Phi) is 4.90. The molecule has 1 aromatic carbocycles. The van der Waals surface area contributed by atoms with E-state index < -0.39 is 11.9 Å². The number of carbonyl (C=O) groups excluding carboxylic acids is 1. The van der Waals surface area contributed by atoms with Gasteiger partial charge in [0.25, 0.3) is 0 Å². The molecule has 0 heterocycles. The number of carbonyl (C=O) groups is 1. The van der Waals surface area contributed by atoms with Gasteiger partial charge >= 0.3 is 0 Å². The summed E-state index contributed by atoms with van der Waals surface area (Å²) in [6.07, 6.45) is 0. The minimum absolute atomic E-state index is 0.197. The standard InChI is InChI=1S/C12H17FN2O2/c1-4-17-10-6-5-8(7-9(10)13)11(14-2)12(16)15-3/h5-7,11,14H,4H2,1-3H3,(H,15,16). The molecule has 1 amide bonds. The second kappa shape index (κ2) is 6.20. The Bertz CT molecular complexity index is 396. The SMILES string of the molecule is CCOc1ccc(C(NC)C(=O)NC)cc1F. The van der Waals surface area contributed by atoms with E-state index in [4.69, 9.17) is 4.74 Å². The fraction of sp³-hybridized carbons (Fsp3) is 0.417. The van der Waals surface area contributed by atoms with Crippen LogP contribution in [0.1, 0.15) is 18.5 Å². The largest absolute Gasteiger partial charge is 0.491 e. The van der Waals surface area contributed by atoms with Crippen molar-refractivity contribution in [1.82, 2.24) is 10.6 Å². The molecule has 0 aliphatic carbocycles. The first-order valence-electron chi connectivity index (χ1n) is 5.45. The maximum absolute atomic E-state index is 13.6. The van der Waals surface area contributed by atoms with E-state index in [2.05, 4.69) is 10.6 Å². The Balaban J connectivity index is 2.98. The molecule has 0 aromatic heterocycles. The highest BCUT2D eigenvalue weighted by Crippen LogP contribution is 2.22. The van der Waals surface area contributed by atoms with Crippen molar-refractivity contribution in [3.8, 4) is 5.75 Å². The van der Waals surface area contributed by atoms with E-state index in [1.807, 2.05) is 0 Å². The lowest BCUT2D eigenvalue weighted by Gasteiger charge is -2.15. The first-order valence-corrected chi connectivity index (χ1v) is 5.45. The molecule has 17 heavy (non-hydrogen) atoms. The van der Waals surface area contributed by atoms with Gasteiger partial charge in [0, 0.05) is 7.05 Å². The summed E-state index contributed by atoms with van der Waals surface area (Å²) in [6.45, 7) is 2.19. The number of hydrogen-bond acceptors (Lipinski definition) is 3. The third kappa shape index (κ3) is 3.17. The van der Waals surface area contributed by atoms with Crippen LogP contribution < -0.4 is 15.4 Å². The monoisotopic (exact) mass is 240 g/mol. The Morgan fingerprint density at radius 1 is 1.47 bits per heavy atom. The minimum atomic E-state index is -0.565. The van der Waals surface area contributed by atoms with Crippen LogP contribution in [0.3, 0.4) is 0 Å². The second-order valence-corrected chi connectivity index (χ2v) is 3.46. The molecule has 1 rings (SSSR count). The molecule has 0 radical (unpaired) electrons. The molecule has 5 heteroatoms. The number of hydrogen-bond donors (Lipinski definition) is 2. The van der Waals surface area contributed by atoms with Gasteiger partial charge in [0.2, 0.25) is 5.91 Å². The van der Waals surface area contributed by atoms with Gasteiger partial charge in [-0.25, -0.2) is 4.39 Å². The number of likely N-dealkylation sites (N-methyl/N-ethyl adjacent to an activating group) is 2. The minimum Gasteiger partial charge on any atom is -0.491 e. The smallest absolute Gasteiger partial charge is 0.241 e. The molecule has 1 atom stereocenters. The average Bonchev–Trinajstić information content (AvgIpc) is 2.33. The lowest BCUT2D eigenvalue weighted by Crippen LogP contribution is -2.33. The molecule has 0 aliphatic heterocycles.